The van der Waals surface area contributed by atoms with E-state index in [-0.39, 0.29) is 0 Å². The van der Waals surface area contributed by atoms with Crippen LogP contribution in [0.5, 0.6) is 0 Å². The predicted octanol–water partition coefficient (Wildman–Crippen LogP) is -3.32. The van der Waals surface area contributed by atoms with Gasteiger partial charge in [-0.25, -0.2) is 0 Å². The molecule has 0 aromatic heterocycles. The van der Waals surface area contributed by atoms with E-state index >= 15 is 0 Å². The van der Waals surface area contributed by atoms with E-state index in [1.165, 1.54) is 6.92 Å². The number of hydrogen-bond acceptors (Lipinski definition) is 7. The van der Waals surface area contributed by atoms with E-state index in [2.05, 4.69) is 0 Å². The van der Waals surface area contributed by atoms with Crippen molar-refractivity contribution in [3.63, 3.8) is 0 Å². The lowest BCUT2D eigenvalue weighted by Crippen LogP contribution is -2.60. The molecule has 0 aliphatic carbocycles. The molecule has 100 valence electrons. The van der Waals surface area contributed by atoms with Gasteiger partial charge in [-0.2, -0.15) is 0 Å². The third-order valence-electron chi connectivity index (χ3n) is 2.59. The molecule has 1 heterocycles. The number of aliphatic hydroxyl groups is 4. The smallest absolute Gasteiger partial charge is 0.246 e. The maximum atomic E-state index is 10.8. The molecule has 0 radical (unpaired) electrons. The van der Waals surface area contributed by atoms with Crippen molar-refractivity contribution in [2.45, 2.75) is 43.7 Å². The molecule has 1 fully saturated rings. The highest BCUT2D eigenvalue weighted by Crippen LogP contribution is 2.22. The maximum Gasteiger partial charge on any atom is 0.246 e. The number of ether oxygens (including phenoxy) is 2. The van der Waals surface area contributed by atoms with Crippen LogP contribution in [0.25, 0.3) is 0 Å². The third kappa shape index (κ3) is 3.12. The fourth-order valence-corrected chi connectivity index (χ4v) is 1.45. The van der Waals surface area contributed by atoms with Crippen LogP contribution in [0, 0.1) is 0 Å². The summed E-state index contributed by atoms with van der Waals surface area (Å²) < 4.78 is 10.00. The van der Waals surface area contributed by atoms with Crippen LogP contribution in [0.3, 0.4) is 0 Å². The van der Waals surface area contributed by atoms with Gasteiger partial charge in [0.15, 0.2) is 6.29 Å². The third-order valence-corrected chi connectivity index (χ3v) is 2.59. The van der Waals surface area contributed by atoms with E-state index in [4.69, 9.17) is 20.3 Å². The first kappa shape index (κ1) is 14.3. The molecule has 8 nitrogen and oxygen atoms in total. The molecule has 6 atom stereocenters. The van der Waals surface area contributed by atoms with Crippen LogP contribution in [0.1, 0.15) is 6.92 Å². The molecule has 6 N–H and O–H groups in total. The molecule has 1 amide bonds. The summed E-state index contributed by atoms with van der Waals surface area (Å²) in [4.78, 5) is 10.8. The van der Waals surface area contributed by atoms with E-state index in [1.54, 1.807) is 0 Å². The Bertz CT molecular complexity index is 272. The Morgan fingerprint density at radius 3 is 2.41 bits per heavy atom. The van der Waals surface area contributed by atoms with E-state index < -0.39 is 49.3 Å². The van der Waals surface area contributed by atoms with Crippen LogP contribution in [0.15, 0.2) is 0 Å². The Kier molecular flexibility index (Phi) is 4.80. The minimum absolute atomic E-state index is 0.560. The predicted molar refractivity (Wildman–Crippen MR) is 53.5 cm³/mol. The van der Waals surface area contributed by atoms with Crippen LogP contribution in [0.2, 0.25) is 0 Å². The van der Waals surface area contributed by atoms with Crippen molar-refractivity contribution in [3.8, 4) is 0 Å². The molecule has 1 saturated heterocycles. The summed E-state index contributed by atoms with van der Waals surface area (Å²) in [5, 5.41) is 37.4. The van der Waals surface area contributed by atoms with Crippen molar-refractivity contribution < 1.29 is 34.7 Å². The van der Waals surface area contributed by atoms with Gasteiger partial charge in [0, 0.05) is 0 Å². The Labute approximate surface area is 97.6 Å². The summed E-state index contributed by atoms with van der Waals surface area (Å²) in [7, 11) is 0. The first-order chi connectivity index (χ1) is 7.88. The van der Waals surface area contributed by atoms with Crippen molar-refractivity contribution in [2.75, 3.05) is 6.61 Å². The highest BCUT2D eigenvalue weighted by molar-refractivity contribution is 5.78. The Balaban J connectivity index is 2.68. The second kappa shape index (κ2) is 5.71. The monoisotopic (exact) mass is 251 g/mol. The normalized spacial score (nSPS) is 39.9. The van der Waals surface area contributed by atoms with Crippen molar-refractivity contribution in [1.82, 2.24) is 0 Å². The van der Waals surface area contributed by atoms with Gasteiger partial charge in [-0.3, -0.25) is 4.79 Å². The fourth-order valence-electron chi connectivity index (χ4n) is 1.45. The largest absolute Gasteiger partial charge is 0.394 e. The number of hydrogen-bond donors (Lipinski definition) is 5. The fraction of sp³-hybridized carbons (Fsp3) is 0.889. The number of nitrogens with two attached hydrogens (primary N) is 1. The van der Waals surface area contributed by atoms with Crippen LogP contribution in [0.4, 0.5) is 0 Å². The number of aliphatic hydroxyl groups excluding tert-OH is 4. The van der Waals surface area contributed by atoms with E-state index in [9.17, 15) is 20.1 Å². The zero-order chi connectivity index (χ0) is 13.2. The van der Waals surface area contributed by atoms with Gasteiger partial charge in [0.05, 0.1) is 6.61 Å². The summed E-state index contributed by atoms with van der Waals surface area (Å²) in [5.41, 5.74) is 4.97. The quantitative estimate of drug-likeness (QED) is 0.352. The van der Waals surface area contributed by atoms with Gasteiger partial charge in [0.2, 0.25) is 5.91 Å². The maximum absolute atomic E-state index is 10.8. The Morgan fingerprint density at radius 2 is 1.94 bits per heavy atom. The Morgan fingerprint density at radius 1 is 1.35 bits per heavy atom. The molecule has 8 heteroatoms. The Hall–Kier alpha value is -0.770. The average molecular weight is 251 g/mol. The highest BCUT2D eigenvalue weighted by atomic mass is 16.7. The van der Waals surface area contributed by atoms with Crippen molar-refractivity contribution >= 4 is 5.91 Å². The standard InChI is InChI=1S/C9H17NO7/c1-3(8(10)15)16-9-7(14)6(13)5(12)4(2-11)17-9/h3-7,9,11-14H,2H2,1H3,(H2,10,15)/t3?,4?,5-,6+,7?,9-/m1/s1. The van der Waals surface area contributed by atoms with Crippen molar-refractivity contribution in [2.24, 2.45) is 5.73 Å². The molecule has 0 bridgehead atoms. The lowest BCUT2D eigenvalue weighted by atomic mass is 9.99. The first-order valence-electron chi connectivity index (χ1n) is 5.13. The average Bonchev–Trinajstić information content (AvgIpc) is 2.29. The zero-order valence-electron chi connectivity index (χ0n) is 9.26. The van der Waals surface area contributed by atoms with Gasteiger partial charge in [0.1, 0.15) is 30.5 Å². The number of amides is 1. The van der Waals surface area contributed by atoms with Gasteiger partial charge in [0.25, 0.3) is 0 Å². The van der Waals surface area contributed by atoms with Crippen LogP contribution < -0.4 is 5.73 Å². The summed E-state index contributed by atoms with van der Waals surface area (Å²) >= 11 is 0. The van der Waals surface area contributed by atoms with Crippen LogP contribution in [-0.4, -0.2) is 69.8 Å². The lowest BCUT2D eigenvalue weighted by Gasteiger charge is -2.40. The molecule has 17 heavy (non-hydrogen) atoms. The molecule has 0 saturated carbocycles. The van der Waals surface area contributed by atoms with Crippen molar-refractivity contribution in [3.05, 3.63) is 0 Å². The molecule has 0 aromatic rings. The number of carbonyl (C=O) groups excluding carboxylic acids is 1. The lowest BCUT2D eigenvalue weighted by molar-refractivity contribution is -0.307. The van der Waals surface area contributed by atoms with E-state index in [0.29, 0.717) is 0 Å². The second-order valence-corrected chi connectivity index (χ2v) is 3.88. The van der Waals surface area contributed by atoms with E-state index in [0.717, 1.165) is 0 Å². The van der Waals surface area contributed by atoms with Gasteiger partial charge in [-0.05, 0) is 6.92 Å². The number of primary amides is 1. The molecule has 0 aromatic carbocycles. The SMILES string of the molecule is CC(O[C@@H]1OC(CO)[C@@H](O)[C@H](O)C1O)C(N)=O. The first-order valence-corrected chi connectivity index (χ1v) is 5.13. The van der Waals surface area contributed by atoms with Gasteiger partial charge >= 0.3 is 0 Å². The topological polar surface area (TPSA) is 142 Å². The summed E-state index contributed by atoms with van der Waals surface area (Å²) in [6.45, 7) is 0.791. The number of rotatable bonds is 4. The minimum Gasteiger partial charge on any atom is -0.394 e. The minimum atomic E-state index is -1.54. The zero-order valence-corrected chi connectivity index (χ0v) is 9.26. The highest BCUT2D eigenvalue weighted by Gasteiger charge is 2.44. The summed E-state index contributed by atoms with van der Waals surface area (Å²) in [6, 6.07) is 0. The molecule has 1 rings (SSSR count). The van der Waals surface area contributed by atoms with Gasteiger partial charge < -0.3 is 35.6 Å². The van der Waals surface area contributed by atoms with Gasteiger partial charge in [-0.15, -0.1) is 0 Å². The van der Waals surface area contributed by atoms with Crippen LogP contribution >= 0.6 is 0 Å². The molecule has 3 unspecified atom stereocenters. The molecule has 1 aliphatic heterocycles. The second-order valence-electron chi connectivity index (χ2n) is 3.88. The summed E-state index contributed by atoms with van der Waals surface area (Å²) in [6.07, 6.45) is -7.97. The summed E-state index contributed by atoms with van der Waals surface area (Å²) in [5.74, 6) is -0.762. The van der Waals surface area contributed by atoms with Gasteiger partial charge in [-0.1, -0.05) is 0 Å². The molecular weight excluding hydrogens is 234 g/mol. The van der Waals surface area contributed by atoms with Crippen molar-refractivity contribution in [1.29, 1.82) is 0 Å². The molecular formula is C9H17NO7. The van der Waals surface area contributed by atoms with E-state index in [1.807, 2.05) is 0 Å². The molecule has 1 aliphatic rings. The number of carbonyl (C=O) groups is 1. The van der Waals surface area contributed by atoms with Crippen LogP contribution in [-0.2, 0) is 14.3 Å². The molecule has 0 spiro atoms.